The Morgan fingerprint density at radius 3 is 2.44 bits per heavy atom. The van der Waals surface area contributed by atoms with Gasteiger partial charge in [-0.1, -0.05) is 6.07 Å². The number of carbonyl (C=O) groups excluding carboxylic acids is 2. The van der Waals surface area contributed by atoms with E-state index in [9.17, 15) is 14.0 Å². The number of halogens is 1. The summed E-state index contributed by atoms with van der Waals surface area (Å²) in [5.74, 6) is -0.782. The molecule has 1 heterocycles. The van der Waals surface area contributed by atoms with Crippen LogP contribution in [0.1, 0.15) is 20.7 Å². The topological polar surface area (TPSA) is 80.3 Å². The molecule has 0 spiro atoms. The minimum absolute atomic E-state index is 0.364. The summed E-state index contributed by atoms with van der Waals surface area (Å²) in [6.07, 6.45) is 1.49. The Kier molecular flexibility index (Phi) is 5.41. The van der Waals surface area contributed by atoms with Crippen LogP contribution < -0.4 is 10.6 Å². The molecule has 3 rings (SSSR count). The van der Waals surface area contributed by atoms with Gasteiger partial charge in [-0.15, -0.1) is 0 Å². The average molecular weight is 365 g/mol. The highest BCUT2D eigenvalue weighted by atomic mass is 19.1. The predicted molar refractivity (Wildman–Crippen MR) is 99.7 cm³/mol. The van der Waals surface area contributed by atoms with Crippen LogP contribution in [0.4, 0.5) is 21.6 Å². The number of nitrogens with one attached hydrogen (secondary N) is 2. The Morgan fingerprint density at radius 1 is 0.963 bits per heavy atom. The second kappa shape index (κ2) is 8.09. The molecule has 0 fully saturated rings. The fourth-order valence-corrected chi connectivity index (χ4v) is 2.37. The molecule has 0 atom stereocenters. The Morgan fingerprint density at radius 2 is 1.74 bits per heavy atom. The highest BCUT2D eigenvalue weighted by Crippen LogP contribution is 2.18. The number of carbonyl (C=O) groups is 2. The first-order valence-corrected chi connectivity index (χ1v) is 8.03. The molecule has 7 heteroatoms. The Bertz CT molecular complexity index is 974. The molecule has 0 radical (unpaired) electrons. The molecule has 0 saturated heterocycles. The van der Waals surface area contributed by atoms with Crippen molar-refractivity contribution < 1.29 is 18.7 Å². The number of amides is 1. The van der Waals surface area contributed by atoms with Crippen LogP contribution in [0.3, 0.4) is 0 Å². The second-order valence-electron chi connectivity index (χ2n) is 5.59. The molecule has 1 amide bonds. The zero-order chi connectivity index (χ0) is 19.2. The number of pyridine rings is 1. The lowest BCUT2D eigenvalue weighted by molar-refractivity contribution is 0.0600. The third-order valence-corrected chi connectivity index (χ3v) is 3.68. The van der Waals surface area contributed by atoms with E-state index in [-0.39, 0.29) is 5.91 Å². The fraction of sp³-hybridized carbons (Fsp3) is 0.0500. The first-order valence-electron chi connectivity index (χ1n) is 8.03. The molecular formula is C20H16FN3O3. The second-order valence-corrected chi connectivity index (χ2v) is 5.59. The van der Waals surface area contributed by atoms with Crippen molar-refractivity contribution >= 4 is 29.1 Å². The van der Waals surface area contributed by atoms with E-state index in [1.807, 2.05) is 0 Å². The maximum Gasteiger partial charge on any atom is 0.337 e. The predicted octanol–water partition coefficient (Wildman–Crippen LogP) is 4.00. The summed E-state index contributed by atoms with van der Waals surface area (Å²) in [5, 5.41) is 5.68. The molecule has 0 bridgehead atoms. The zero-order valence-electron chi connectivity index (χ0n) is 14.4. The number of rotatable bonds is 5. The summed E-state index contributed by atoms with van der Waals surface area (Å²) in [5.41, 5.74) is 1.85. The van der Waals surface area contributed by atoms with E-state index < -0.39 is 11.8 Å². The standard InChI is InChI=1S/C20H16FN3O3/c1-27-20(26)13-5-7-16(8-6-13)23-18-11-14(9-10-22-18)19(25)24-17-4-2-3-15(21)12-17/h2-12H,1H3,(H,22,23)(H,24,25). The van der Waals surface area contributed by atoms with Crippen molar-refractivity contribution in [3.8, 4) is 0 Å². The van der Waals surface area contributed by atoms with Gasteiger partial charge in [-0.3, -0.25) is 4.79 Å². The van der Waals surface area contributed by atoms with Crippen molar-refractivity contribution in [2.24, 2.45) is 0 Å². The molecule has 0 saturated carbocycles. The average Bonchev–Trinajstić information content (AvgIpc) is 2.68. The highest BCUT2D eigenvalue weighted by molar-refractivity contribution is 6.04. The molecular weight excluding hydrogens is 349 g/mol. The summed E-state index contributed by atoms with van der Waals surface area (Å²) >= 11 is 0. The zero-order valence-corrected chi connectivity index (χ0v) is 14.4. The largest absolute Gasteiger partial charge is 0.465 e. The molecule has 0 unspecified atom stereocenters. The van der Waals surface area contributed by atoms with Gasteiger partial charge in [0.25, 0.3) is 5.91 Å². The maximum absolute atomic E-state index is 13.2. The van der Waals surface area contributed by atoms with E-state index in [0.29, 0.717) is 28.3 Å². The molecule has 2 aromatic carbocycles. The Labute approximate surface area is 155 Å². The third kappa shape index (κ3) is 4.66. The van der Waals surface area contributed by atoms with Crippen LogP contribution in [-0.4, -0.2) is 24.0 Å². The first-order chi connectivity index (χ1) is 13.0. The van der Waals surface area contributed by atoms with Crippen LogP contribution in [0.2, 0.25) is 0 Å². The monoisotopic (exact) mass is 365 g/mol. The van der Waals surface area contributed by atoms with Crippen molar-refractivity contribution in [1.82, 2.24) is 4.98 Å². The normalized spacial score (nSPS) is 10.1. The van der Waals surface area contributed by atoms with Gasteiger partial charge in [-0.25, -0.2) is 14.2 Å². The van der Waals surface area contributed by atoms with E-state index in [1.54, 1.807) is 42.5 Å². The molecule has 6 nitrogen and oxygen atoms in total. The van der Waals surface area contributed by atoms with Crippen LogP contribution in [-0.2, 0) is 4.74 Å². The molecule has 0 aliphatic heterocycles. The number of anilines is 3. The summed E-state index contributed by atoms with van der Waals surface area (Å²) in [7, 11) is 1.32. The van der Waals surface area contributed by atoms with Gasteiger partial charge in [-0.05, 0) is 54.6 Å². The molecule has 2 N–H and O–H groups in total. The minimum atomic E-state index is -0.430. The van der Waals surface area contributed by atoms with Gasteiger partial charge in [0.2, 0.25) is 0 Å². The van der Waals surface area contributed by atoms with Gasteiger partial charge in [-0.2, -0.15) is 0 Å². The van der Waals surface area contributed by atoms with Crippen LogP contribution in [0.15, 0.2) is 66.9 Å². The summed E-state index contributed by atoms with van der Waals surface area (Å²) in [6.45, 7) is 0. The number of nitrogens with zero attached hydrogens (tertiary/aromatic N) is 1. The number of ether oxygens (including phenoxy) is 1. The molecule has 3 aromatic rings. The number of methoxy groups -OCH3 is 1. The Hall–Kier alpha value is -3.74. The van der Waals surface area contributed by atoms with Gasteiger partial charge in [0.05, 0.1) is 12.7 Å². The number of hydrogen-bond donors (Lipinski definition) is 2. The van der Waals surface area contributed by atoms with Crippen molar-refractivity contribution in [1.29, 1.82) is 0 Å². The number of esters is 1. The van der Waals surface area contributed by atoms with Crippen molar-refractivity contribution in [2.45, 2.75) is 0 Å². The maximum atomic E-state index is 13.2. The quantitative estimate of drug-likeness (QED) is 0.668. The van der Waals surface area contributed by atoms with E-state index in [1.165, 1.54) is 31.5 Å². The lowest BCUT2D eigenvalue weighted by Crippen LogP contribution is -2.12. The van der Waals surface area contributed by atoms with Gasteiger partial charge in [0, 0.05) is 23.1 Å². The first kappa shape index (κ1) is 18.1. The van der Waals surface area contributed by atoms with Gasteiger partial charge in [0.1, 0.15) is 11.6 Å². The van der Waals surface area contributed by atoms with Gasteiger partial charge < -0.3 is 15.4 Å². The highest BCUT2D eigenvalue weighted by Gasteiger charge is 2.09. The van der Waals surface area contributed by atoms with Crippen LogP contribution in [0.25, 0.3) is 0 Å². The SMILES string of the molecule is COC(=O)c1ccc(Nc2cc(C(=O)Nc3cccc(F)c3)ccn2)cc1. The van der Waals surface area contributed by atoms with Crippen molar-refractivity contribution in [3.63, 3.8) is 0 Å². The summed E-state index contributed by atoms with van der Waals surface area (Å²) < 4.78 is 17.9. The van der Waals surface area contributed by atoms with Gasteiger partial charge >= 0.3 is 5.97 Å². The smallest absolute Gasteiger partial charge is 0.337 e. The van der Waals surface area contributed by atoms with Crippen molar-refractivity contribution in [2.75, 3.05) is 17.7 Å². The lowest BCUT2D eigenvalue weighted by Gasteiger charge is -2.09. The van der Waals surface area contributed by atoms with Crippen molar-refractivity contribution in [3.05, 3.63) is 83.8 Å². The third-order valence-electron chi connectivity index (χ3n) is 3.68. The molecule has 0 aliphatic rings. The number of aromatic nitrogens is 1. The number of benzene rings is 2. The fourth-order valence-electron chi connectivity index (χ4n) is 2.37. The molecule has 136 valence electrons. The molecule has 1 aromatic heterocycles. The van der Waals surface area contributed by atoms with Gasteiger partial charge in [0.15, 0.2) is 0 Å². The minimum Gasteiger partial charge on any atom is -0.465 e. The Balaban J connectivity index is 1.71. The van der Waals surface area contributed by atoms with Crippen LogP contribution >= 0.6 is 0 Å². The molecule has 27 heavy (non-hydrogen) atoms. The van der Waals surface area contributed by atoms with E-state index in [4.69, 9.17) is 0 Å². The van der Waals surface area contributed by atoms with Crippen LogP contribution in [0.5, 0.6) is 0 Å². The summed E-state index contributed by atoms with van der Waals surface area (Å²) in [6, 6.07) is 15.4. The van der Waals surface area contributed by atoms with E-state index in [2.05, 4.69) is 20.4 Å². The molecule has 0 aliphatic carbocycles. The van der Waals surface area contributed by atoms with Crippen LogP contribution in [0, 0.1) is 5.82 Å². The van der Waals surface area contributed by atoms with E-state index >= 15 is 0 Å². The van der Waals surface area contributed by atoms with E-state index in [0.717, 1.165) is 0 Å². The lowest BCUT2D eigenvalue weighted by atomic mass is 10.2. The number of hydrogen-bond acceptors (Lipinski definition) is 5. The summed E-state index contributed by atoms with van der Waals surface area (Å²) in [4.78, 5) is 28.0.